The van der Waals surface area contributed by atoms with Gasteiger partial charge in [-0.3, -0.25) is 0 Å². The van der Waals surface area contributed by atoms with Gasteiger partial charge in [0.25, 0.3) is 0 Å². The predicted octanol–water partition coefficient (Wildman–Crippen LogP) is 5.53. The zero-order chi connectivity index (χ0) is 23.1. The monoisotopic (exact) mass is 478 g/mol. The summed E-state index contributed by atoms with van der Waals surface area (Å²) in [6.07, 6.45) is 5.39. The van der Waals surface area contributed by atoms with Crippen molar-refractivity contribution in [2.45, 2.75) is 66.3 Å². The van der Waals surface area contributed by atoms with Gasteiger partial charge in [-0.05, 0) is 87.0 Å². The minimum absolute atomic E-state index is 0.172. The molecule has 178 valence electrons. The first kappa shape index (κ1) is 21.3. The standard InChI is InChI=1S/C28H30O5S/c1-27(18-10-16-9-17(12-18)13-19(27)11-16)33-26(29)23-15-31-28(32-23)21-5-3-4-6-24(21)34-25-8-7-20(30-2)14-22(25)28/h3-8,14,16-19,23H,9-13,15H2,1-2H3. The van der Waals surface area contributed by atoms with E-state index in [9.17, 15) is 4.79 Å². The van der Waals surface area contributed by atoms with Gasteiger partial charge in [0.05, 0.1) is 13.7 Å². The van der Waals surface area contributed by atoms with Crippen LogP contribution >= 0.6 is 11.8 Å². The van der Waals surface area contributed by atoms with Crippen LogP contribution < -0.4 is 4.74 Å². The average Bonchev–Trinajstić information content (AvgIpc) is 3.29. The average molecular weight is 479 g/mol. The first-order chi connectivity index (χ1) is 16.5. The van der Waals surface area contributed by atoms with Gasteiger partial charge in [-0.15, -0.1) is 0 Å². The van der Waals surface area contributed by atoms with Gasteiger partial charge in [0.15, 0.2) is 6.10 Å². The molecule has 4 aliphatic carbocycles. The summed E-state index contributed by atoms with van der Waals surface area (Å²) in [6, 6.07) is 14.0. The summed E-state index contributed by atoms with van der Waals surface area (Å²) in [6.45, 7) is 2.35. The van der Waals surface area contributed by atoms with E-state index in [1.165, 1.54) is 32.1 Å². The van der Waals surface area contributed by atoms with Gasteiger partial charge in [0.1, 0.15) is 11.4 Å². The van der Waals surface area contributed by atoms with Gasteiger partial charge in [0.2, 0.25) is 5.79 Å². The van der Waals surface area contributed by atoms with Crippen molar-refractivity contribution in [2.75, 3.05) is 13.7 Å². The van der Waals surface area contributed by atoms with Gasteiger partial charge in [0, 0.05) is 20.9 Å². The number of hydrogen-bond donors (Lipinski definition) is 0. The molecule has 1 saturated heterocycles. The van der Waals surface area contributed by atoms with Gasteiger partial charge in [-0.1, -0.05) is 30.0 Å². The van der Waals surface area contributed by atoms with E-state index < -0.39 is 11.9 Å². The van der Waals surface area contributed by atoms with Crippen molar-refractivity contribution >= 4 is 17.7 Å². The summed E-state index contributed by atoms with van der Waals surface area (Å²) < 4.78 is 24.9. The molecule has 2 aromatic rings. The van der Waals surface area contributed by atoms with E-state index in [0.717, 1.165) is 38.5 Å². The third-order valence-corrected chi connectivity index (χ3v) is 10.2. The second kappa shape index (κ2) is 7.49. The van der Waals surface area contributed by atoms with Crippen LogP contribution in [0.3, 0.4) is 0 Å². The molecule has 0 radical (unpaired) electrons. The zero-order valence-corrected chi connectivity index (χ0v) is 20.4. The summed E-state index contributed by atoms with van der Waals surface area (Å²) in [4.78, 5) is 15.7. The fourth-order valence-electron chi connectivity index (χ4n) is 7.50. The van der Waals surface area contributed by atoms with Crippen molar-refractivity contribution < 1.29 is 23.7 Å². The topological polar surface area (TPSA) is 54.0 Å². The van der Waals surface area contributed by atoms with Gasteiger partial charge in [-0.25, -0.2) is 4.79 Å². The molecule has 2 heterocycles. The Morgan fingerprint density at radius 3 is 2.41 bits per heavy atom. The molecule has 0 N–H and O–H groups in total. The van der Waals surface area contributed by atoms with E-state index in [0.29, 0.717) is 11.8 Å². The van der Waals surface area contributed by atoms with Crippen LogP contribution in [0.25, 0.3) is 0 Å². The second-order valence-corrected chi connectivity index (χ2v) is 12.0. The molecular formula is C28H30O5S. The first-order valence-electron chi connectivity index (χ1n) is 12.5. The van der Waals surface area contributed by atoms with Crippen LogP contribution in [0, 0.1) is 23.7 Å². The molecule has 6 heteroatoms. The molecule has 0 aromatic heterocycles. The Balaban J connectivity index is 1.20. The number of carbonyl (C=O) groups is 1. The number of methoxy groups -OCH3 is 1. The van der Waals surface area contributed by atoms with Crippen LogP contribution in [-0.2, 0) is 24.8 Å². The smallest absolute Gasteiger partial charge is 0.338 e. The lowest BCUT2D eigenvalue weighted by atomic mass is 9.50. The van der Waals surface area contributed by atoms with Crippen molar-refractivity contribution in [1.82, 2.24) is 0 Å². The fraction of sp³-hybridized carbons (Fsp3) is 0.536. The number of benzene rings is 2. The summed E-state index contributed by atoms with van der Waals surface area (Å²) in [5.41, 5.74) is 1.43. The number of esters is 1. The van der Waals surface area contributed by atoms with Crippen LogP contribution in [0.1, 0.15) is 50.2 Å². The lowest BCUT2D eigenvalue weighted by Crippen LogP contribution is -2.58. The molecule has 4 saturated carbocycles. The van der Waals surface area contributed by atoms with Crippen molar-refractivity contribution in [3.05, 3.63) is 53.6 Å². The second-order valence-electron chi connectivity index (χ2n) is 10.9. The Bertz CT molecular complexity index is 1130. The molecule has 34 heavy (non-hydrogen) atoms. The van der Waals surface area contributed by atoms with E-state index in [2.05, 4.69) is 13.0 Å². The number of rotatable bonds is 3. The molecule has 5 nitrogen and oxygen atoms in total. The van der Waals surface area contributed by atoms with Gasteiger partial charge in [-0.2, -0.15) is 0 Å². The lowest BCUT2D eigenvalue weighted by molar-refractivity contribution is -0.216. The molecule has 2 aliphatic heterocycles. The molecule has 2 aromatic carbocycles. The van der Waals surface area contributed by atoms with E-state index in [1.54, 1.807) is 18.9 Å². The lowest BCUT2D eigenvalue weighted by Gasteiger charge is -2.59. The molecule has 2 unspecified atom stereocenters. The predicted molar refractivity (Wildman–Crippen MR) is 127 cm³/mol. The van der Waals surface area contributed by atoms with Crippen LogP contribution in [0.5, 0.6) is 5.75 Å². The number of ether oxygens (including phenoxy) is 4. The van der Waals surface area contributed by atoms with E-state index in [4.69, 9.17) is 18.9 Å². The number of carbonyl (C=O) groups excluding carboxylic acids is 1. The van der Waals surface area contributed by atoms with Crippen LogP contribution in [0.4, 0.5) is 0 Å². The normalized spacial score (nSPS) is 39.1. The maximum atomic E-state index is 13.6. The van der Waals surface area contributed by atoms with Crippen molar-refractivity contribution in [2.24, 2.45) is 23.7 Å². The highest BCUT2D eigenvalue weighted by Gasteiger charge is 2.59. The number of hydrogen-bond acceptors (Lipinski definition) is 6. The van der Waals surface area contributed by atoms with Crippen molar-refractivity contribution in [3.63, 3.8) is 0 Å². The fourth-order valence-corrected chi connectivity index (χ4v) is 8.64. The highest BCUT2D eigenvalue weighted by Crippen LogP contribution is 2.60. The number of fused-ring (bicyclic) bond motifs is 4. The van der Waals surface area contributed by atoms with Crippen molar-refractivity contribution in [1.29, 1.82) is 0 Å². The summed E-state index contributed by atoms with van der Waals surface area (Å²) in [7, 11) is 1.65. The summed E-state index contributed by atoms with van der Waals surface area (Å²) >= 11 is 1.68. The molecule has 0 amide bonds. The third kappa shape index (κ3) is 2.98. The Morgan fingerprint density at radius 1 is 0.971 bits per heavy atom. The van der Waals surface area contributed by atoms with Gasteiger partial charge < -0.3 is 18.9 Å². The Kier molecular flexibility index (Phi) is 4.69. The SMILES string of the molecule is COc1ccc2c(c1)C1(OCC(C(=O)OC3(C)C4CC5CC(C4)CC3C5)O1)c1ccccc1S2. The highest BCUT2D eigenvalue weighted by molar-refractivity contribution is 7.99. The van der Waals surface area contributed by atoms with Crippen LogP contribution in [0.15, 0.2) is 52.3 Å². The van der Waals surface area contributed by atoms with Crippen molar-refractivity contribution in [3.8, 4) is 5.75 Å². The largest absolute Gasteiger partial charge is 0.497 e. The molecular weight excluding hydrogens is 448 g/mol. The third-order valence-electron chi connectivity index (χ3n) is 9.09. The first-order valence-corrected chi connectivity index (χ1v) is 13.3. The molecule has 6 aliphatic rings. The van der Waals surface area contributed by atoms with E-state index in [1.807, 2.05) is 36.4 Å². The molecule has 4 bridgehead atoms. The molecule has 5 fully saturated rings. The summed E-state index contributed by atoms with van der Waals surface area (Å²) in [5, 5.41) is 0. The maximum absolute atomic E-state index is 13.6. The van der Waals surface area contributed by atoms with E-state index >= 15 is 0 Å². The highest BCUT2D eigenvalue weighted by atomic mass is 32.2. The maximum Gasteiger partial charge on any atom is 0.338 e. The summed E-state index contributed by atoms with van der Waals surface area (Å²) in [5.74, 6) is 1.91. The minimum Gasteiger partial charge on any atom is -0.497 e. The van der Waals surface area contributed by atoms with Crippen LogP contribution in [0.2, 0.25) is 0 Å². The minimum atomic E-state index is -1.14. The van der Waals surface area contributed by atoms with E-state index in [-0.39, 0.29) is 18.2 Å². The quantitative estimate of drug-likeness (QED) is 0.541. The Labute approximate surface area is 204 Å². The zero-order valence-electron chi connectivity index (χ0n) is 19.6. The molecule has 8 rings (SSSR count). The van der Waals surface area contributed by atoms with Crippen LogP contribution in [-0.4, -0.2) is 31.4 Å². The Hall–Kier alpha value is -2.02. The molecule has 2 atom stereocenters. The Morgan fingerprint density at radius 2 is 1.68 bits per heavy atom. The van der Waals surface area contributed by atoms with Gasteiger partial charge >= 0.3 is 5.97 Å². The molecule has 1 spiro atoms.